The van der Waals surface area contributed by atoms with Gasteiger partial charge in [-0.25, -0.2) is 4.98 Å². The van der Waals surface area contributed by atoms with Crippen LogP contribution in [-0.4, -0.2) is 11.2 Å². The summed E-state index contributed by atoms with van der Waals surface area (Å²) in [6.45, 7) is 4.16. The molecule has 0 aliphatic heterocycles. The second kappa shape index (κ2) is 4.07. The average Bonchev–Trinajstić information content (AvgIpc) is 2.87. The van der Waals surface area contributed by atoms with Gasteiger partial charge in [-0.1, -0.05) is 0 Å². The van der Waals surface area contributed by atoms with Crippen LogP contribution in [0.1, 0.15) is 48.2 Å². The minimum atomic E-state index is -0.230. The molecule has 1 fully saturated rings. The first-order chi connectivity index (χ1) is 7.02. The molecule has 1 saturated carbocycles. The van der Waals surface area contributed by atoms with Gasteiger partial charge in [-0.2, -0.15) is 11.8 Å². The van der Waals surface area contributed by atoms with Crippen molar-refractivity contribution in [1.82, 2.24) is 4.98 Å². The molecule has 0 unspecified atom stereocenters. The zero-order chi connectivity index (χ0) is 11.1. The highest BCUT2D eigenvalue weighted by Crippen LogP contribution is 2.45. The molecule has 0 spiro atoms. The second-order valence-corrected chi connectivity index (χ2v) is 6.70. The quantitative estimate of drug-likeness (QED) is 0.882. The standard InChI is InChI=1S/C11H18N2S2/c1-11(2,12)10-9(7-4-5-7)13-8(15-10)6-14-3/h7H,4-6,12H2,1-3H3. The van der Waals surface area contributed by atoms with Gasteiger partial charge in [0, 0.05) is 22.1 Å². The van der Waals surface area contributed by atoms with Crippen LogP contribution in [0.5, 0.6) is 0 Å². The summed E-state index contributed by atoms with van der Waals surface area (Å²) >= 11 is 3.63. The van der Waals surface area contributed by atoms with Crippen LogP contribution >= 0.6 is 23.1 Å². The lowest BCUT2D eigenvalue weighted by Gasteiger charge is -2.17. The van der Waals surface area contributed by atoms with Crippen molar-refractivity contribution < 1.29 is 0 Å². The Morgan fingerprint density at radius 2 is 2.20 bits per heavy atom. The lowest BCUT2D eigenvalue weighted by Crippen LogP contribution is -2.28. The van der Waals surface area contributed by atoms with Gasteiger partial charge in [-0.15, -0.1) is 11.3 Å². The van der Waals surface area contributed by atoms with Gasteiger partial charge in [-0.3, -0.25) is 0 Å². The predicted octanol–water partition coefficient (Wildman–Crippen LogP) is 3.08. The number of rotatable bonds is 4. The van der Waals surface area contributed by atoms with Crippen molar-refractivity contribution in [2.45, 2.75) is 43.9 Å². The fourth-order valence-corrected chi connectivity index (χ4v) is 3.52. The molecule has 2 nitrogen and oxygen atoms in total. The van der Waals surface area contributed by atoms with E-state index in [4.69, 9.17) is 10.7 Å². The van der Waals surface area contributed by atoms with Gasteiger partial charge in [0.2, 0.25) is 0 Å². The van der Waals surface area contributed by atoms with E-state index in [2.05, 4.69) is 20.1 Å². The molecule has 0 saturated heterocycles. The molecule has 1 aromatic rings. The molecule has 2 rings (SSSR count). The summed E-state index contributed by atoms with van der Waals surface area (Å²) in [5, 5.41) is 1.23. The molecule has 1 aliphatic rings. The van der Waals surface area contributed by atoms with Gasteiger partial charge in [0.15, 0.2) is 0 Å². The van der Waals surface area contributed by atoms with Crippen molar-refractivity contribution in [3.05, 3.63) is 15.6 Å². The molecule has 0 bridgehead atoms. The molecule has 2 N–H and O–H groups in total. The SMILES string of the molecule is CSCc1nc(C2CC2)c(C(C)(C)N)s1. The third kappa shape index (κ3) is 2.55. The molecule has 15 heavy (non-hydrogen) atoms. The molecule has 1 heterocycles. The minimum Gasteiger partial charge on any atom is -0.321 e. The third-order valence-corrected chi connectivity index (χ3v) is 4.67. The van der Waals surface area contributed by atoms with Crippen LogP contribution in [0.3, 0.4) is 0 Å². The van der Waals surface area contributed by atoms with Crippen LogP contribution in [0, 0.1) is 0 Å². The lowest BCUT2D eigenvalue weighted by atomic mass is 10.0. The molecule has 1 aliphatic carbocycles. The lowest BCUT2D eigenvalue weighted by molar-refractivity contribution is 0.558. The summed E-state index contributed by atoms with van der Waals surface area (Å²) in [5.74, 6) is 1.72. The Balaban J connectivity index is 2.33. The van der Waals surface area contributed by atoms with E-state index in [1.165, 1.54) is 28.4 Å². The average molecular weight is 242 g/mol. The van der Waals surface area contributed by atoms with Crippen molar-refractivity contribution in [2.75, 3.05) is 6.26 Å². The van der Waals surface area contributed by atoms with Crippen molar-refractivity contribution in [2.24, 2.45) is 5.73 Å². The Morgan fingerprint density at radius 1 is 1.53 bits per heavy atom. The Hall–Kier alpha value is -0.0600. The molecular weight excluding hydrogens is 224 g/mol. The Kier molecular flexibility index (Phi) is 3.10. The zero-order valence-electron chi connectivity index (χ0n) is 9.54. The van der Waals surface area contributed by atoms with Crippen molar-refractivity contribution in [1.29, 1.82) is 0 Å². The molecule has 84 valence electrons. The van der Waals surface area contributed by atoms with E-state index in [9.17, 15) is 0 Å². The van der Waals surface area contributed by atoms with Crippen LogP contribution in [0.25, 0.3) is 0 Å². The number of thiazole rings is 1. The van der Waals surface area contributed by atoms with E-state index in [0.717, 1.165) is 5.75 Å². The minimum absolute atomic E-state index is 0.230. The van der Waals surface area contributed by atoms with E-state index in [0.29, 0.717) is 5.92 Å². The highest BCUT2D eigenvalue weighted by molar-refractivity contribution is 7.97. The van der Waals surface area contributed by atoms with Gasteiger partial charge in [0.25, 0.3) is 0 Å². The highest BCUT2D eigenvalue weighted by atomic mass is 32.2. The normalized spacial score (nSPS) is 17.1. The van der Waals surface area contributed by atoms with Gasteiger partial charge in [0.05, 0.1) is 5.69 Å². The van der Waals surface area contributed by atoms with E-state index in [-0.39, 0.29) is 5.54 Å². The van der Waals surface area contributed by atoms with E-state index < -0.39 is 0 Å². The zero-order valence-corrected chi connectivity index (χ0v) is 11.2. The van der Waals surface area contributed by atoms with Crippen LogP contribution < -0.4 is 5.73 Å². The van der Waals surface area contributed by atoms with Gasteiger partial charge < -0.3 is 5.73 Å². The summed E-state index contributed by atoms with van der Waals surface area (Å²) in [6.07, 6.45) is 4.71. The molecule has 0 aromatic carbocycles. The fourth-order valence-electron chi connectivity index (χ4n) is 1.66. The summed E-state index contributed by atoms with van der Waals surface area (Å²) in [4.78, 5) is 6.05. The first-order valence-corrected chi connectivity index (χ1v) is 7.51. The maximum Gasteiger partial charge on any atom is 0.103 e. The summed E-state index contributed by atoms with van der Waals surface area (Å²) in [5.41, 5.74) is 7.25. The molecule has 0 radical (unpaired) electrons. The van der Waals surface area contributed by atoms with Gasteiger partial charge in [0.1, 0.15) is 5.01 Å². The van der Waals surface area contributed by atoms with Crippen molar-refractivity contribution >= 4 is 23.1 Å². The third-order valence-electron chi connectivity index (χ3n) is 2.51. The summed E-state index contributed by atoms with van der Waals surface area (Å²) in [6, 6.07) is 0. The van der Waals surface area contributed by atoms with E-state index >= 15 is 0 Å². The molecule has 0 atom stereocenters. The smallest absolute Gasteiger partial charge is 0.103 e. The van der Waals surface area contributed by atoms with Crippen molar-refractivity contribution in [3.63, 3.8) is 0 Å². The maximum absolute atomic E-state index is 6.20. The molecule has 1 aromatic heterocycles. The van der Waals surface area contributed by atoms with Crippen LogP contribution in [0.2, 0.25) is 0 Å². The number of hydrogen-bond donors (Lipinski definition) is 1. The number of aromatic nitrogens is 1. The topological polar surface area (TPSA) is 38.9 Å². The van der Waals surface area contributed by atoms with Crippen LogP contribution in [0.4, 0.5) is 0 Å². The Labute approximate surface area is 99.7 Å². The number of thioether (sulfide) groups is 1. The predicted molar refractivity (Wildman–Crippen MR) is 68.5 cm³/mol. The van der Waals surface area contributed by atoms with Gasteiger partial charge >= 0.3 is 0 Å². The van der Waals surface area contributed by atoms with E-state index in [1.54, 1.807) is 11.3 Å². The highest BCUT2D eigenvalue weighted by Gasteiger charge is 2.33. The second-order valence-electron chi connectivity index (χ2n) is 4.75. The first kappa shape index (κ1) is 11.4. The Bertz CT molecular complexity index is 348. The van der Waals surface area contributed by atoms with Crippen LogP contribution in [0.15, 0.2) is 0 Å². The molecule has 4 heteroatoms. The van der Waals surface area contributed by atoms with Gasteiger partial charge in [-0.05, 0) is 32.9 Å². The number of hydrogen-bond acceptors (Lipinski definition) is 4. The number of nitrogens with zero attached hydrogens (tertiary/aromatic N) is 1. The monoisotopic (exact) mass is 242 g/mol. The summed E-state index contributed by atoms with van der Waals surface area (Å²) in [7, 11) is 0. The molecular formula is C11H18N2S2. The fraction of sp³-hybridized carbons (Fsp3) is 0.727. The maximum atomic E-state index is 6.20. The summed E-state index contributed by atoms with van der Waals surface area (Å²) < 4.78 is 0. The van der Waals surface area contributed by atoms with Crippen LogP contribution in [-0.2, 0) is 11.3 Å². The Morgan fingerprint density at radius 3 is 2.67 bits per heavy atom. The largest absolute Gasteiger partial charge is 0.321 e. The first-order valence-electron chi connectivity index (χ1n) is 5.30. The van der Waals surface area contributed by atoms with E-state index in [1.807, 2.05) is 11.8 Å². The number of nitrogens with two attached hydrogens (primary N) is 1. The van der Waals surface area contributed by atoms with Crippen molar-refractivity contribution in [3.8, 4) is 0 Å². The molecule has 0 amide bonds.